The minimum Gasteiger partial charge on any atom is -0.313 e. The predicted molar refractivity (Wildman–Crippen MR) is 68.3 cm³/mol. The molecule has 1 aliphatic rings. The molecular formula is C13H17NS. The summed E-state index contributed by atoms with van der Waals surface area (Å²) in [6.45, 7) is 4.33. The molecule has 15 heavy (non-hydrogen) atoms. The first-order chi connectivity index (χ1) is 7.42. The fourth-order valence-electron chi connectivity index (χ4n) is 1.88. The summed E-state index contributed by atoms with van der Waals surface area (Å²) in [5, 5.41) is 3.35. The Morgan fingerprint density at radius 2 is 2.20 bits per heavy atom. The molecule has 1 aromatic carbocycles. The first-order valence-electron chi connectivity index (χ1n) is 5.53. The first-order valence-corrected chi connectivity index (χ1v) is 6.52. The van der Waals surface area contributed by atoms with Crippen LogP contribution in [0.15, 0.2) is 35.2 Å². The van der Waals surface area contributed by atoms with Crippen molar-refractivity contribution in [1.29, 1.82) is 0 Å². The normalized spacial score (nSPS) is 16.2. The first kappa shape index (κ1) is 10.8. The van der Waals surface area contributed by atoms with Crippen LogP contribution in [0, 0.1) is 0 Å². The molecule has 1 heterocycles. The van der Waals surface area contributed by atoms with Crippen LogP contribution < -0.4 is 5.32 Å². The van der Waals surface area contributed by atoms with Crippen molar-refractivity contribution >= 4 is 17.3 Å². The number of hydrogen-bond donors (Lipinski definition) is 1. The molecule has 0 bridgehead atoms. The Morgan fingerprint density at radius 3 is 2.93 bits per heavy atom. The predicted octanol–water partition coefficient (Wildman–Crippen LogP) is 3.18. The van der Waals surface area contributed by atoms with Gasteiger partial charge < -0.3 is 5.32 Å². The van der Waals surface area contributed by atoms with Crippen molar-refractivity contribution in [2.45, 2.75) is 18.2 Å². The van der Waals surface area contributed by atoms with Gasteiger partial charge in [0.25, 0.3) is 0 Å². The summed E-state index contributed by atoms with van der Waals surface area (Å²) in [6.07, 6.45) is 3.47. The fourth-order valence-corrected chi connectivity index (χ4v) is 2.72. The number of hydrogen-bond acceptors (Lipinski definition) is 2. The number of benzene rings is 1. The Labute approximate surface area is 96.0 Å². The highest BCUT2D eigenvalue weighted by atomic mass is 32.2. The SMILES string of the molecule is CCSc1ccccc1C1=CCNCC1. The highest BCUT2D eigenvalue weighted by molar-refractivity contribution is 7.99. The molecule has 1 aromatic rings. The van der Waals surface area contributed by atoms with Crippen LogP contribution in [0.2, 0.25) is 0 Å². The van der Waals surface area contributed by atoms with E-state index < -0.39 is 0 Å². The topological polar surface area (TPSA) is 12.0 Å². The molecule has 0 radical (unpaired) electrons. The van der Waals surface area contributed by atoms with Crippen molar-refractivity contribution in [2.24, 2.45) is 0 Å². The van der Waals surface area contributed by atoms with E-state index in [1.165, 1.54) is 16.0 Å². The lowest BCUT2D eigenvalue weighted by atomic mass is 10.0. The van der Waals surface area contributed by atoms with Crippen LogP contribution >= 0.6 is 11.8 Å². The van der Waals surface area contributed by atoms with E-state index in [-0.39, 0.29) is 0 Å². The molecule has 0 aliphatic carbocycles. The molecule has 0 unspecified atom stereocenters. The molecule has 0 aromatic heterocycles. The zero-order valence-electron chi connectivity index (χ0n) is 9.12. The molecular weight excluding hydrogens is 202 g/mol. The molecule has 2 heteroatoms. The van der Waals surface area contributed by atoms with Gasteiger partial charge >= 0.3 is 0 Å². The van der Waals surface area contributed by atoms with Crippen LogP contribution in [0.25, 0.3) is 5.57 Å². The monoisotopic (exact) mass is 219 g/mol. The highest BCUT2D eigenvalue weighted by Crippen LogP contribution is 2.30. The Bertz CT molecular complexity index is 357. The van der Waals surface area contributed by atoms with Crippen molar-refractivity contribution in [2.75, 3.05) is 18.8 Å². The van der Waals surface area contributed by atoms with Crippen molar-refractivity contribution in [3.63, 3.8) is 0 Å². The highest BCUT2D eigenvalue weighted by Gasteiger charge is 2.09. The van der Waals surface area contributed by atoms with Gasteiger partial charge in [-0.25, -0.2) is 0 Å². The molecule has 1 nitrogen and oxygen atoms in total. The summed E-state index contributed by atoms with van der Waals surface area (Å²) < 4.78 is 0. The third-order valence-electron chi connectivity index (χ3n) is 2.60. The van der Waals surface area contributed by atoms with Gasteiger partial charge in [0.1, 0.15) is 0 Å². The molecule has 0 saturated carbocycles. The average molecular weight is 219 g/mol. The summed E-state index contributed by atoms with van der Waals surface area (Å²) in [4.78, 5) is 1.42. The van der Waals surface area contributed by atoms with E-state index in [1.807, 2.05) is 11.8 Å². The smallest absolute Gasteiger partial charge is 0.0147 e. The zero-order chi connectivity index (χ0) is 10.5. The Balaban J connectivity index is 2.29. The van der Waals surface area contributed by atoms with E-state index in [1.54, 1.807) is 0 Å². The van der Waals surface area contributed by atoms with Crippen LogP contribution in [0.5, 0.6) is 0 Å². The molecule has 1 N–H and O–H groups in total. The molecule has 1 aliphatic heterocycles. The van der Waals surface area contributed by atoms with E-state index in [0.717, 1.165) is 25.3 Å². The maximum absolute atomic E-state index is 3.35. The molecule has 0 atom stereocenters. The number of thioether (sulfide) groups is 1. The van der Waals surface area contributed by atoms with E-state index in [4.69, 9.17) is 0 Å². The molecule has 0 amide bonds. The van der Waals surface area contributed by atoms with Gasteiger partial charge in [-0.1, -0.05) is 31.2 Å². The van der Waals surface area contributed by atoms with E-state index in [9.17, 15) is 0 Å². The largest absolute Gasteiger partial charge is 0.313 e. The number of nitrogens with one attached hydrogen (secondary N) is 1. The summed E-state index contributed by atoms with van der Waals surface area (Å²) in [5.74, 6) is 1.14. The minimum atomic E-state index is 1.01. The van der Waals surface area contributed by atoms with Gasteiger partial charge in [0, 0.05) is 11.4 Å². The van der Waals surface area contributed by atoms with Gasteiger partial charge in [-0.15, -0.1) is 11.8 Å². The van der Waals surface area contributed by atoms with Crippen LogP contribution in [0.1, 0.15) is 18.9 Å². The lowest BCUT2D eigenvalue weighted by Crippen LogP contribution is -2.20. The minimum absolute atomic E-state index is 1.01. The maximum atomic E-state index is 3.35. The standard InChI is InChI=1S/C13H17NS/c1-2-15-13-6-4-3-5-12(13)11-7-9-14-10-8-11/h3-7,14H,2,8-10H2,1H3. The van der Waals surface area contributed by atoms with Gasteiger partial charge in [0.05, 0.1) is 0 Å². The van der Waals surface area contributed by atoms with Crippen LogP contribution in [-0.4, -0.2) is 18.8 Å². The third-order valence-corrected chi connectivity index (χ3v) is 3.55. The molecule has 0 fully saturated rings. The molecule has 0 spiro atoms. The van der Waals surface area contributed by atoms with Crippen molar-refractivity contribution in [3.8, 4) is 0 Å². The molecule has 0 saturated heterocycles. The van der Waals surface area contributed by atoms with Crippen LogP contribution in [0.3, 0.4) is 0 Å². The van der Waals surface area contributed by atoms with Gasteiger partial charge in [0.15, 0.2) is 0 Å². The molecule has 2 rings (SSSR count). The maximum Gasteiger partial charge on any atom is 0.0147 e. The fraction of sp³-hybridized carbons (Fsp3) is 0.385. The van der Waals surface area contributed by atoms with E-state index >= 15 is 0 Å². The lowest BCUT2D eigenvalue weighted by molar-refractivity contribution is 0.737. The third kappa shape index (κ3) is 2.64. The second-order valence-corrected chi connectivity index (χ2v) is 4.92. The van der Waals surface area contributed by atoms with Gasteiger partial charge in [-0.2, -0.15) is 0 Å². The van der Waals surface area contributed by atoms with Gasteiger partial charge in [-0.3, -0.25) is 0 Å². The van der Waals surface area contributed by atoms with Crippen LogP contribution in [0.4, 0.5) is 0 Å². The Kier molecular flexibility index (Phi) is 3.87. The second-order valence-electron chi connectivity index (χ2n) is 3.61. The van der Waals surface area contributed by atoms with Crippen molar-refractivity contribution < 1.29 is 0 Å². The Morgan fingerprint density at radius 1 is 1.33 bits per heavy atom. The van der Waals surface area contributed by atoms with Gasteiger partial charge in [0.2, 0.25) is 0 Å². The van der Waals surface area contributed by atoms with Crippen molar-refractivity contribution in [1.82, 2.24) is 5.32 Å². The summed E-state index contributed by atoms with van der Waals surface area (Å²) in [5.41, 5.74) is 2.94. The average Bonchev–Trinajstić information content (AvgIpc) is 2.31. The summed E-state index contributed by atoms with van der Waals surface area (Å²) in [7, 11) is 0. The summed E-state index contributed by atoms with van der Waals surface area (Å²) >= 11 is 1.93. The van der Waals surface area contributed by atoms with Crippen LogP contribution in [-0.2, 0) is 0 Å². The second kappa shape index (κ2) is 5.38. The molecule has 80 valence electrons. The lowest BCUT2D eigenvalue weighted by Gasteiger charge is -2.16. The quantitative estimate of drug-likeness (QED) is 0.784. The Hall–Kier alpha value is -0.730. The number of rotatable bonds is 3. The van der Waals surface area contributed by atoms with E-state index in [0.29, 0.717) is 0 Å². The van der Waals surface area contributed by atoms with Crippen molar-refractivity contribution in [3.05, 3.63) is 35.9 Å². The summed E-state index contributed by atoms with van der Waals surface area (Å²) in [6, 6.07) is 8.74. The zero-order valence-corrected chi connectivity index (χ0v) is 9.94. The van der Waals surface area contributed by atoms with Gasteiger partial charge in [-0.05, 0) is 35.9 Å². The van der Waals surface area contributed by atoms with E-state index in [2.05, 4.69) is 42.6 Å².